The van der Waals surface area contributed by atoms with Crippen LogP contribution in [0.25, 0.3) is 5.57 Å². The molecule has 1 saturated carbocycles. The predicted molar refractivity (Wildman–Crippen MR) is 154 cm³/mol. The molecule has 39 heavy (non-hydrogen) atoms. The van der Waals surface area contributed by atoms with Crippen LogP contribution < -0.4 is 5.73 Å². The molecule has 3 atom stereocenters. The van der Waals surface area contributed by atoms with Crippen LogP contribution in [0.15, 0.2) is 83.3 Å². The van der Waals surface area contributed by atoms with Crippen LogP contribution >= 0.6 is 0 Å². The summed E-state index contributed by atoms with van der Waals surface area (Å²) in [5.41, 5.74) is 9.14. The molecule has 0 bridgehead atoms. The minimum absolute atomic E-state index is 0.0357. The molecule has 1 amide bonds. The Bertz CT molecular complexity index is 1240. The highest BCUT2D eigenvalue weighted by Crippen LogP contribution is 2.39. The molecule has 1 fully saturated rings. The Hall–Kier alpha value is -3.75. The second-order valence-electron chi connectivity index (χ2n) is 10.3. The highest BCUT2D eigenvalue weighted by molar-refractivity contribution is 6.19. The molecule has 1 aliphatic rings. The smallest absolute Gasteiger partial charge is 0.255 e. The van der Waals surface area contributed by atoms with Gasteiger partial charge in [0.25, 0.3) is 5.91 Å². The third-order valence-corrected chi connectivity index (χ3v) is 7.08. The van der Waals surface area contributed by atoms with Crippen LogP contribution in [0, 0.1) is 5.92 Å². The highest BCUT2D eigenvalue weighted by Gasteiger charge is 2.37. The molecule has 8 heteroatoms. The summed E-state index contributed by atoms with van der Waals surface area (Å²) < 4.78 is 0. The van der Waals surface area contributed by atoms with Crippen LogP contribution in [0.3, 0.4) is 0 Å². The molecule has 0 aliphatic heterocycles. The molecule has 0 unspecified atom stereocenters. The van der Waals surface area contributed by atoms with Crippen molar-refractivity contribution in [2.75, 3.05) is 28.2 Å². The molecule has 210 valence electrons. The minimum atomic E-state index is -1.24. The van der Waals surface area contributed by atoms with Gasteiger partial charge in [-0.1, -0.05) is 50.4 Å². The van der Waals surface area contributed by atoms with Gasteiger partial charge >= 0.3 is 0 Å². The zero-order valence-electron chi connectivity index (χ0n) is 23.8. The van der Waals surface area contributed by atoms with E-state index in [1.807, 2.05) is 62.3 Å². The van der Waals surface area contributed by atoms with E-state index >= 15 is 0 Å². The molecule has 4 N–H and O–H groups in total. The first-order chi connectivity index (χ1) is 18.2. The van der Waals surface area contributed by atoms with Crippen molar-refractivity contribution < 1.29 is 24.6 Å². The monoisotopic (exact) mass is 535 g/mol. The molecule has 0 saturated heterocycles. The number of hydrogen-bond acceptors (Lipinski definition) is 7. The van der Waals surface area contributed by atoms with Crippen LogP contribution in [0.4, 0.5) is 0 Å². The number of amides is 1. The zero-order chi connectivity index (χ0) is 29.6. The predicted octanol–water partition coefficient (Wildman–Crippen LogP) is 3.56. The number of nitrogens with zero attached hydrogens (tertiary/aromatic N) is 2. The number of carbonyl (C=O) groups is 3. The Balaban J connectivity index is 2.53. The maximum Gasteiger partial charge on any atom is 0.255 e. The number of nitrogens with two attached hydrogens (primary N) is 1. The van der Waals surface area contributed by atoms with E-state index in [4.69, 9.17) is 5.73 Å². The lowest BCUT2D eigenvalue weighted by Crippen LogP contribution is -2.44. The second-order valence-corrected chi connectivity index (χ2v) is 10.3. The Morgan fingerprint density at radius 2 is 1.74 bits per heavy atom. The number of likely N-dealkylation sites (N-methyl/N-ethyl adjacent to an activating group) is 2. The molecule has 1 aliphatic carbocycles. The fourth-order valence-corrected chi connectivity index (χ4v) is 4.89. The number of Topliss-reactive ketones (excluding diaryl/α,β-unsaturated/α-hetero) is 2. The molecular formula is C31H41N3O5. The van der Waals surface area contributed by atoms with Crippen LogP contribution in [-0.4, -0.2) is 77.8 Å². The number of aliphatic hydroxyl groups is 2. The Labute approximate surface area is 231 Å². The fraction of sp³-hybridized carbons (Fsp3) is 0.387. The van der Waals surface area contributed by atoms with Crippen LogP contribution in [0.1, 0.15) is 38.7 Å². The van der Waals surface area contributed by atoms with Gasteiger partial charge in [-0.05, 0) is 68.1 Å². The molecule has 8 nitrogen and oxygen atoms in total. The number of rotatable bonds is 11. The highest BCUT2D eigenvalue weighted by atomic mass is 16.3. The molecule has 1 aromatic carbocycles. The maximum atomic E-state index is 13.2. The summed E-state index contributed by atoms with van der Waals surface area (Å²) in [6, 6.07) is 8.79. The van der Waals surface area contributed by atoms with E-state index in [-0.39, 0.29) is 18.6 Å². The fourth-order valence-electron chi connectivity index (χ4n) is 4.89. The lowest BCUT2D eigenvalue weighted by Gasteiger charge is -2.35. The van der Waals surface area contributed by atoms with E-state index in [1.54, 1.807) is 21.0 Å². The van der Waals surface area contributed by atoms with Crippen molar-refractivity contribution in [3.63, 3.8) is 0 Å². The number of allylic oxidation sites excluding steroid dienone is 5. The summed E-state index contributed by atoms with van der Waals surface area (Å²) in [4.78, 5) is 41.0. The van der Waals surface area contributed by atoms with Crippen molar-refractivity contribution in [1.82, 2.24) is 9.80 Å². The molecule has 0 heterocycles. The van der Waals surface area contributed by atoms with Gasteiger partial charge in [-0.2, -0.15) is 0 Å². The largest absolute Gasteiger partial charge is 0.510 e. The molecule has 0 aromatic heterocycles. The van der Waals surface area contributed by atoms with Gasteiger partial charge in [0.05, 0.1) is 12.1 Å². The average molecular weight is 536 g/mol. The second kappa shape index (κ2) is 13.4. The Kier molecular flexibility index (Phi) is 10.8. The minimum Gasteiger partial charge on any atom is -0.510 e. The lowest BCUT2D eigenvalue weighted by molar-refractivity contribution is -0.121. The first kappa shape index (κ1) is 31.5. The topological polar surface area (TPSA) is 124 Å². The number of aliphatic hydroxyl groups excluding tert-OH is 2. The van der Waals surface area contributed by atoms with Gasteiger partial charge in [-0.15, -0.1) is 0 Å². The Morgan fingerprint density at radius 1 is 1.15 bits per heavy atom. The molecular weight excluding hydrogens is 494 g/mol. The molecule has 2 rings (SSSR count). The van der Waals surface area contributed by atoms with Gasteiger partial charge in [0.1, 0.15) is 11.3 Å². The lowest BCUT2D eigenvalue weighted by atomic mass is 9.74. The van der Waals surface area contributed by atoms with Crippen molar-refractivity contribution in [3.05, 3.63) is 88.9 Å². The molecule has 1 aromatic rings. The van der Waals surface area contributed by atoms with E-state index < -0.39 is 41.1 Å². The van der Waals surface area contributed by atoms with Crippen LogP contribution in [0.2, 0.25) is 0 Å². The summed E-state index contributed by atoms with van der Waals surface area (Å²) in [5.74, 6) is -3.03. The Morgan fingerprint density at radius 3 is 2.23 bits per heavy atom. The number of ketones is 2. The van der Waals surface area contributed by atoms with Crippen molar-refractivity contribution in [2.24, 2.45) is 11.7 Å². The number of benzene rings is 1. The summed E-state index contributed by atoms with van der Waals surface area (Å²) >= 11 is 0. The van der Waals surface area contributed by atoms with Crippen LogP contribution in [0.5, 0.6) is 0 Å². The van der Waals surface area contributed by atoms with E-state index in [2.05, 4.69) is 13.2 Å². The van der Waals surface area contributed by atoms with E-state index in [0.717, 1.165) is 22.4 Å². The number of carbonyl (C=O) groups excluding carboxylic acids is 3. The standard InChI is InChI=1S/C31H41N3O5/c1-9-25(35)27(31(32)39)30(38)28(34(7)8)26(36)17-22-16-23(20(4)29(37)19(22)3)24(33(5)6)15-18(2)21-13-11-10-12-14-21/h10-15,22,26,28,36,38H,3-4,9,16-17H2,1-2,5-8H3,(H2,32,39)/b18-15+,24-23+,30-27-/t22-,26-,28-/m0/s1. The van der Waals surface area contributed by atoms with Gasteiger partial charge in [0.15, 0.2) is 11.6 Å². The summed E-state index contributed by atoms with van der Waals surface area (Å²) in [6.07, 6.45) is 1.16. The van der Waals surface area contributed by atoms with Gasteiger partial charge in [-0.3, -0.25) is 19.3 Å². The zero-order valence-corrected chi connectivity index (χ0v) is 23.8. The quantitative estimate of drug-likeness (QED) is 0.171. The third-order valence-electron chi connectivity index (χ3n) is 7.08. The van der Waals surface area contributed by atoms with E-state index in [0.29, 0.717) is 17.6 Å². The summed E-state index contributed by atoms with van der Waals surface area (Å²) in [6.45, 7) is 11.6. The van der Waals surface area contributed by atoms with Gasteiger partial charge in [-0.25, -0.2) is 0 Å². The van der Waals surface area contributed by atoms with E-state index in [9.17, 15) is 24.6 Å². The first-order valence-corrected chi connectivity index (χ1v) is 12.9. The van der Waals surface area contributed by atoms with Gasteiger partial charge < -0.3 is 20.8 Å². The van der Waals surface area contributed by atoms with E-state index in [1.165, 1.54) is 4.90 Å². The van der Waals surface area contributed by atoms with Gasteiger partial charge in [0, 0.05) is 31.8 Å². The van der Waals surface area contributed by atoms with Crippen molar-refractivity contribution >= 4 is 23.0 Å². The normalized spacial score (nSPS) is 19.9. The molecule has 0 radical (unpaired) electrons. The molecule has 0 spiro atoms. The summed E-state index contributed by atoms with van der Waals surface area (Å²) in [5, 5.41) is 22.2. The van der Waals surface area contributed by atoms with Gasteiger partial charge in [0.2, 0.25) is 0 Å². The SMILES string of the molecule is C=C1C(=O)C(=C)[C@H](C[C@H](O)[C@@H](/C(O)=C(/C(N)=O)C(=O)CC)N(C)C)C/C1=C(/C=C(\C)c1ccccc1)N(C)C. The maximum absolute atomic E-state index is 13.2. The number of primary amides is 1. The third kappa shape index (κ3) is 7.22. The van der Waals surface area contributed by atoms with Crippen LogP contribution in [-0.2, 0) is 14.4 Å². The summed E-state index contributed by atoms with van der Waals surface area (Å²) in [7, 11) is 7.00. The number of hydrogen-bond donors (Lipinski definition) is 3. The first-order valence-electron chi connectivity index (χ1n) is 12.9. The van der Waals surface area contributed by atoms with Crippen molar-refractivity contribution in [1.29, 1.82) is 0 Å². The van der Waals surface area contributed by atoms with Crippen molar-refractivity contribution in [2.45, 2.75) is 45.3 Å². The van der Waals surface area contributed by atoms with Crippen molar-refractivity contribution in [3.8, 4) is 0 Å². The average Bonchev–Trinajstić information content (AvgIpc) is 2.87.